The number of aliphatic hydroxyl groups is 3. The van der Waals surface area contributed by atoms with Gasteiger partial charge in [-0.15, -0.1) is 0 Å². The first-order chi connectivity index (χ1) is 10.7. The van der Waals surface area contributed by atoms with Crippen LogP contribution in [0.15, 0.2) is 12.7 Å². The van der Waals surface area contributed by atoms with Gasteiger partial charge in [-0.1, -0.05) is 0 Å². The van der Waals surface area contributed by atoms with Crippen LogP contribution in [0.4, 0.5) is 19.0 Å². The zero-order valence-corrected chi connectivity index (χ0v) is 11.3. The van der Waals surface area contributed by atoms with Gasteiger partial charge in [-0.05, 0) is 0 Å². The van der Waals surface area contributed by atoms with Crippen molar-refractivity contribution in [1.29, 1.82) is 0 Å². The monoisotopic (exact) mass is 335 g/mol. The van der Waals surface area contributed by atoms with Crippen molar-refractivity contribution in [2.75, 3.05) is 5.73 Å². The van der Waals surface area contributed by atoms with Crippen molar-refractivity contribution in [2.45, 2.75) is 36.8 Å². The third-order valence-electron chi connectivity index (χ3n) is 3.58. The molecule has 5 unspecified atom stereocenters. The summed E-state index contributed by atoms with van der Waals surface area (Å²) in [4.78, 5) is 11.5. The number of hydrogen-bond acceptors (Lipinski definition) is 8. The molecule has 3 heterocycles. The van der Waals surface area contributed by atoms with Crippen LogP contribution in [0, 0.1) is 0 Å². The van der Waals surface area contributed by atoms with E-state index in [-0.39, 0.29) is 17.0 Å². The first kappa shape index (κ1) is 15.9. The van der Waals surface area contributed by atoms with Crippen LogP contribution < -0.4 is 5.73 Å². The highest BCUT2D eigenvalue weighted by Gasteiger charge is 2.55. The fourth-order valence-corrected chi connectivity index (χ4v) is 2.42. The van der Waals surface area contributed by atoms with Crippen LogP contribution >= 0.6 is 0 Å². The Kier molecular flexibility index (Phi) is 3.63. The SMILES string of the molecule is Nc1ncnc2c1ncn2C1OC(C(O)C(F)(F)F)C(O)C1O. The molecule has 1 fully saturated rings. The zero-order chi connectivity index (χ0) is 16.9. The lowest BCUT2D eigenvalue weighted by atomic mass is 10.1. The van der Waals surface area contributed by atoms with Crippen molar-refractivity contribution < 1.29 is 33.2 Å². The van der Waals surface area contributed by atoms with Crippen molar-refractivity contribution >= 4 is 17.0 Å². The van der Waals surface area contributed by atoms with E-state index in [9.17, 15) is 28.5 Å². The summed E-state index contributed by atoms with van der Waals surface area (Å²) in [7, 11) is 0. The van der Waals surface area contributed by atoms with Crippen molar-refractivity contribution in [3.05, 3.63) is 12.7 Å². The molecule has 0 spiro atoms. The number of nitrogen functional groups attached to an aromatic ring is 1. The van der Waals surface area contributed by atoms with Crippen molar-refractivity contribution in [1.82, 2.24) is 19.5 Å². The Morgan fingerprint density at radius 3 is 2.57 bits per heavy atom. The van der Waals surface area contributed by atoms with Crippen LogP contribution in [0.3, 0.4) is 0 Å². The smallest absolute Gasteiger partial charge is 0.387 e. The molecule has 2 aromatic rings. The third kappa shape index (κ3) is 2.49. The number of alkyl halides is 3. The van der Waals surface area contributed by atoms with E-state index in [2.05, 4.69) is 15.0 Å². The molecule has 5 atom stereocenters. The van der Waals surface area contributed by atoms with Gasteiger partial charge in [0, 0.05) is 0 Å². The quantitative estimate of drug-likeness (QED) is 0.545. The molecule has 0 aliphatic carbocycles. The fraction of sp³-hybridized carbons (Fsp3) is 0.545. The van der Waals surface area contributed by atoms with E-state index in [1.165, 1.54) is 0 Å². The van der Waals surface area contributed by atoms with E-state index in [4.69, 9.17) is 10.5 Å². The van der Waals surface area contributed by atoms with E-state index < -0.39 is 36.8 Å². The number of nitrogens with zero attached hydrogens (tertiary/aromatic N) is 4. The van der Waals surface area contributed by atoms with Gasteiger partial charge < -0.3 is 25.8 Å². The first-order valence-electron chi connectivity index (χ1n) is 6.41. The topological polar surface area (TPSA) is 140 Å². The molecule has 0 bridgehead atoms. The predicted octanol–water partition coefficient (Wildman–Crippen LogP) is -1.05. The number of nitrogens with two attached hydrogens (primary N) is 1. The predicted molar refractivity (Wildman–Crippen MR) is 67.7 cm³/mol. The maximum atomic E-state index is 12.6. The van der Waals surface area contributed by atoms with Gasteiger partial charge in [0.15, 0.2) is 23.8 Å². The number of aliphatic hydroxyl groups excluding tert-OH is 3. The fourth-order valence-electron chi connectivity index (χ4n) is 2.42. The maximum Gasteiger partial charge on any atom is 0.417 e. The van der Waals surface area contributed by atoms with Crippen LogP contribution in [0.25, 0.3) is 11.2 Å². The Balaban J connectivity index is 1.96. The molecule has 0 radical (unpaired) electrons. The highest BCUT2D eigenvalue weighted by atomic mass is 19.4. The first-order valence-corrected chi connectivity index (χ1v) is 6.41. The largest absolute Gasteiger partial charge is 0.417 e. The summed E-state index contributed by atoms with van der Waals surface area (Å²) < 4.78 is 43.9. The number of aromatic nitrogens is 4. The Morgan fingerprint density at radius 2 is 1.91 bits per heavy atom. The van der Waals surface area contributed by atoms with Crippen LogP contribution in [-0.4, -0.2) is 65.4 Å². The highest BCUT2D eigenvalue weighted by Crippen LogP contribution is 2.37. The Labute approximate surface area is 126 Å². The molecule has 0 saturated carbocycles. The van der Waals surface area contributed by atoms with E-state index in [0.717, 1.165) is 17.2 Å². The normalized spacial score (nSPS) is 30.0. The van der Waals surface area contributed by atoms with E-state index >= 15 is 0 Å². The molecular formula is C11H12F3N5O4. The minimum atomic E-state index is -5.01. The molecule has 1 aliphatic rings. The second-order valence-electron chi connectivity index (χ2n) is 5.04. The Bertz CT molecular complexity index is 723. The van der Waals surface area contributed by atoms with E-state index in [0.29, 0.717) is 0 Å². The number of halogens is 3. The van der Waals surface area contributed by atoms with Crippen molar-refractivity contribution in [3.63, 3.8) is 0 Å². The molecule has 9 nitrogen and oxygen atoms in total. The second kappa shape index (κ2) is 5.26. The van der Waals surface area contributed by atoms with Gasteiger partial charge in [0.25, 0.3) is 0 Å². The molecular weight excluding hydrogens is 323 g/mol. The minimum absolute atomic E-state index is 0.0358. The minimum Gasteiger partial charge on any atom is -0.387 e. The zero-order valence-electron chi connectivity index (χ0n) is 11.3. The van der Waals surface area contributed by atoms with Crippen LogP contribution in [0.2, 0.25) is 0 Å². The Morgan fingerprint density at radius 1 is 1.22 bits per heavy atom. The average Bonchev–Trinajstić information content (AvgIpc) is 3.02. The van der Waals surface area contributed by atoms with Crippen LogP contribution in [0.1, 0.15) is 6.23 Å². The lowest BCUT2D eigenvalue weighted by Crippen LogP contribution is -2.46. The van der Waals surface area contributed by atoms with Crippen LogP contribution in [0.5, 0.6) is 0 Å². The molecule has 23 heavy (non-hydrogen) atoms. The van der Waals surface area contributed by atoms with Gasteiger partial charge in [-0.25, -0.2) is 15.0 Å². The number of hydrogen-bond donors (Lipinski definition) is 4. The standard InChI is InChI=1S/C11H12F3N5O4/c12-11(13,14)7(22)6-4(20)5(21)10(23-6)19-2-18-3-8(15)16-1-17-9(3)19/h1-2,4-7,10,20-22H,(H2,15,16,17). The number of anilines is 1. The molecule has 0 aromatic carbocycles. The van der Waals surface area contributed by atoms with E-state index in [1.54, 1.807) is 0 Å². The van der Waals surface area contributed by atoms with Gasteiger partial charge in [-0.2, -0.15) is 13.2 Å². The molecule has 0 amide bonds. The molecule has 1 aliphatic heterocycles. The third-order valence-corrected chi connectivity index (χ3v) is 3.58. The summed E-state index contributed by atoms with van der Waals surface area (Å²) in [5, 5.41) is 29.0. The van der Waals surface area contributed by atoms with Crippen LogP contribution in [-0.2, 0) is 4.74 Å². The summed E-state index contributed by atoms with van der Waals surface area (Å²) in [6, 6.07) is 0. The lowest BCUT2D eigenvalue weighted by molar-refractivity contribution is -0.244. The molecule has 2 aromatic heterocycles. The number of rotatable bonds is 2. The van der Waals surface area contributed by atoms with Gasteiger partial charge in [0.1, 0.15) is 30.2 Å². The molecule has 126 valence electrons. The van der Waals surface area contributed by atoms with Gasteiger partial charge in [-0.3, -0.25) is 4.57 Å². The molecule has 12 heteroatoms. The summed E-state index contributed by atoms with van der Waals surface area (Å²) in [6.45, 7) is 0. The summed E-state index contributed by atoms with van der Waals surface area (Å²) >= 11 is 0. The Hall–Kier alpha value is -2.02. The number of ether oxygens (including phenoxy) is 1. The molecule has 5 N–H and O–H groups in total. The molecule has 1 saturated heterocycles. The second-order valence-corrected chi connectivity index (χ2v) is 5.04. The van der Waals surface area contributed by atoms with Gasteiger partial charge in [0.2, 0.25) is 0 Å². The van der Waals surface area contributed by atoms with E-state index in [1.807, 2.05) is 0 Å². The maximum absolute atomic E-state index is 12.6. The number of fused-ring (bicyclic) bond motifs is 1. The lowest BCUT2D eigenvalue weighted by Gasteiger charge is -2.22. The van der Waals surface area contributed by atoms with Crippen molar-refractivity contribution in [3.8, 4) is 0 Å². The van der Waals surface area contributed by atoms with Gasteiger partial charge in [0.05, 0.1) is 6.33 Å². The summed E-state index contributed by atoms with van der Waals surface area (Å²) in [5.74, 6) is 0.0358. The highest BCUT2D eigenvalue weighted by molar-refractivity contribution is 5.81. The van der Waals surface area contributed by atoms with Gasteiger partial charge >= 0.3 is 6.18 Å². The average molecular weight is 335 g/mol. The molecule has 3 rings (SSSR count). The summed E-state index contributed by atoms with van der Waals surface area (Å²) in [5.41, 5.74) is 5.87. The summed E-state index contributed by atoms with van der Waals surface area (Å²) in [6.07, 6.45) is -12.9. The van der Waals surface area contributed by atoms with Crippen molar-refractivity contribution in [2.24, 2.45) is 0 Å². The number of imidazole rings is 1.